The van der Waals surface area contributed by atoms with E-state index in [9.17, 15) is 0 Å². The maximum absolute atomic E-state index is 4.30. The van der Waals surface area contributed by atoms with Crippen LogP contribution in [0.1, 0.15) is 19.4 Å². The molecule has 0 saturated heterocycles. The standard InChI is InChI=1S/C10H11IN2/c1-10(2,11)8-7-12-13-6-4-3-5-9(8)13/h3-7H,1-2H3. The van der Waals surface area contributed by atoms with E-state index < -0.39 is 0 Å². The second-order valence-corrected chi connectivity index (χ2v) is 6.26. The highest BCUT2D eigenvalue weighted by Gasteiger charge is 2.19. The molecule has 3 heteroatoms. The fourth-order valence-corrected chi connectivity index (χ4v) is 1.81. The van der Waals surface area contributed by atoms with Crippen molar-refractivity contribution in [3.63, 3.8) is 0 Å². The summed E-state index contributed by atoms with van der Waals surface area (Å²) in [6.07, 6.45) is 3.92. The van der Waals surface area contributed by atoms with Crippen LogP contribution in [0.3, 0.4) is 0 Å². The first kappa shape index (κ1) is 8.99. The number of hydrogen-bond acceptors (Lipinski definition) is 1. The second-order valence-electron chi connectivity index (χ2n) is 3.56. The third-order valence-electron chi connectivity index (χ3n) is 2.07. The molecule has 0 aliphatic rings. The van der Waals surface area contributed by atoms with Crippen molar-refractivity contribution >= 4 is 28.1 Å². The van der Waals surface area contributed by atoms with Gasteiger partial charge in [-0.05, 0) is 26.0 Å². The van der Waals surface area contributed by atoms with Crippen LogP contribution in [0.25, 0.3) is 5.52 Å². The molecular formula is C10H11IN2. The zero-order valence-corrected chi connectivity index (χ0v) is 9.82. The molecule has 0 bridgehead atoms. The number of aromatic nitrogens is 2. The van der Waals surface area contributed by atoms with E-state index in [-0.39, 0.29) is 3.42 Å². The summed E-state index contributed by atoms with van der Waals surface area (Å²) in [6, 6.07) is 6.13. The van der Waals surface area contributed by atoms with Gasteiger partial charge in [-0.25, -0.2) is 4.52 Å². The van der Waals surface area contributed by atoms with Crippen molar-refractivity contribution in [3.8, 4) is 0 Å². The van der Waals surface area contributed by atoms with Gasteiger partial charge in [-0.15, -0.1) is 0 Å². The van der Waals surface area contributed by atoms with E-state index in [0.29, 0.717) is 0 Å². The van der Waals surface area contributed by atoms with Crippen LogP contribution in [0.5, 0.6) is 0 Å². The lowest BCUT2D eigenvalue weighted by Gasteiger charge is -2.14. The van der Waals surface area contributed by atoms with Crippen LogP contribution >= 0.6 is 22.6 Å². The lowest BCUT2D eigenvalue weighted by molar-refractivity contribution is 0.835. The minimum atomic E-state index is 0.140. The topological polar surface area (TPSA) is 17.3 Å². The van der Waals surface area contributed by atoms with E-state index in [4.69, 9.17) is 0 Å². The maximum atomic E-state index is 4.30. The fourth-order valence-electron chi connectivity index (χ4n) is 1.39. The molecule has 0 spiro atoms. The fraction of sp³-hybridized carbons (Fsp3) is 0.300. The molecule has 2 heterocycles. The van der Waals surface area contributed by atoms with Crippen molar-refractivity contribution in [3.05, 3.63) is 36.2 Å². The number of fused-ring (bicyclic) bond motifs is 1. The highest BCUT2D eigenvalue weighted by molar-refractivity contribution is 14.1. The maximum Gasteiger partial charge on any atom is 0.0706 e. The Bertz CT molecular complexity index is 426. The second kappa shape index (κ2) is 2.97. The van der Waals surface area contributed by atoms with Crippen molar-refractivity contribution in [2.75, 3.05) is 0 Å². The summed E-state index contributed by atoms with van der Waals surface area (Å²) >= 11 is 2.43. The molecule has 0 radical (unpaired) electrons. The van der Waals surface area contributed by atoms with E-state index in [1.165, 1.54) is 11.1 Å². The minimum absolute atomic E-state index is 0.140. The average molecular weight is 286 g/mol. The average Bonchev–Trinajstić information content (AvgIpc) is 2.45. The molecule has 68 valence electrons. The van der Waals surface area contributed by atoms with Crippen LogP contribution in [0.2, 0.25) is 0 Å². The molecule has 0 unspecified atom stereocenters. The van der Waals surface area contributed by atoms with Gasteiger partial charge in [-0.2, -0.15) is 5.10 Å². The van der Waals surface area contributed by atoms with Crippen LogP contribution in [-0.4, -0.2) is 9.61 Å². The van der Waals surface area contributed by atoms with E-state index in [2.05, 4.69) is 47.6 Å². The first-order valence-corrected chi connectivity index (χ1v) is 5.29. The molecule has 2 rings (SSSR count). The van der Waals surface area contributed by atoms with Gasteiger partial charge in [0.25, 0.3) is 0 Å². The van der Waals surface area contributed by atoms with Crippen LogP contribution in [-0.2, 0) is 3.42 Å². The number of rotatable bonds is 1. The molecule has 0 aliphatic heterocycles. The van der Waals surface area contributed by atoms with Gasteiger partial charge in [-0.3, -0.25) is 0 Å². The molecule has 0 amide bonds. The van der Waals surface area contributed by atoms with Crippen LogP contribution in [0.15, 0.2) is 30.6 Å². The summed E-state index contributed by atoms with van der Waals surface area (Å²) in [6.45, 7) is 4.38. The molecule has 0 aliphatic carbocycles. The Morgan fingerprint density at radius 2 is 2.15 bits per heavy atom. The quantitative estimate of drug-likeness (QED) is 0.582. The van der Waals surface area contributed by atoms with E-state index in [0.717, 1.165) is 0 Å². The predicted octanol–water partition coefficient (Wildman–Crippen LogP) is 3.00. The van der Waals surface area contributed by atoms with E-state index in [1.807, 2.05) is 29.0 Å². The Morgan fingerprint density at radius 1 is 1.38 bits per heavy atom. The summed E-state index contributed by atoms with van der Waals surface area (Å²) < 4.78 is 2.05. The van der Waals surface area contributed by atoms with Crippen LogP contribution < -0.4 is 0 Å². The van der Waals surface area contributed by atoms with Gasteiger partial charge in [0.1, 0.15) is 0 Å². The largest absolute Gasteiger partial charge is 0.241 e. The Labute approximate surface area is 91.1 Å². The van der Waals surface area contributed by atoms with E-state index >= 15 is 0 Å². The van der Waals surface area contributed by atoms with Gasteiger partial charge in [0, 0.05) is 15.2 Å². The summed E-state index contributed by atoms with van der Waals surface area (Å²) in [7, 11) is 0. The smallest absolute Gasteiger partial charge is 0.0706 e. The molecule has 13 heavy (non-hydrogen) atoms. The van der Waals surface area contributed by atoms with Crippen molar-refractivity contribution in [2.45, 2.75) is 17.3 Å². The van der Waals surface area contributed by atoms with Gasteiger partial charge in [-0.1, -0.05) is 28.7 Å². The number of halogens is 1. The normalized spacial score (nSPS) is 12.2. The Morgan fingerprint density at radius 3 is 2.85 bits per heavy atom. The molecule has 0 aromatic carbocycles. The summed E-state index contributed by atoms with van der Waals surface area (Å²) in [5.74, 6) is 0. The van der Waals surface area contributed by atoms with Gasteiger partial charge >= 0.3 is 0 Å². The lowest BCUT2D eigenvalue weighted by Crippen LogP contribution is -2.05. The summed E-state index contributed by atoms with van der Waals surface area (Å²) in [5.41, 5.74) is 2.48. The number of pyridine rings is 1. The van der Waals surface area contributed by atoms with Gasteiger partial charge < -0.3 is 0 Å². The molecule has 0 N–H and O–H groups in total. The van der Waals surface area contributed by atoms with Gasteiger partial charge in [0.05, 0.1) is 11.7 Å². The zero-order valence-electron chi connectivity index (χ0n) is 7.66. The minimum Gasteiger partial charge on any atom is -0.241 e. The summed E-state index contributed by atoms with van der Waals surface area (Å²) in [5, 5.41) is 4.30. The monoisotopic (exact) mass is 286 g/mol. The lowest BCUT2D eigenvalue weighted by atomic mass is 10.1. The van der Waals surface area contributed by atoms with Crippen molar-refractivity contribution in [1.82, 2.24) is 9.61 Å². The number of hydrogen-bond donors (Lipinski definition) is 0. The van der Waals surface area contributed by atoms with Crippen LogP contribution in [0, 0.1) is 0 Å². The molecule has 0 fully saturated rings. The molecule has 2 aromatic rings. The van der Waals surface area contributed by atoms with Gasteiger partial charge in [0.15, 0.2) is 0 Å². The van der Waals surface area contributed by atoms with Crippen molar-refractivity contribution in [2.24, 2.45) is 0 Å². The third kappa shape index (κ3) is 1.57. The predicted molar refractivity (Wildman–Crippen MR) is 62.2 cm³/mol. The van der Waals surface area contributed by atoms with Gasteiger partial charge in [0.2, 0.25) is 0 Å². The molecule has 0 atom stereocenters. The highest BCUT2D eigenvalue weighted by atomic mass is 127. The first-order valence-electron chi connectivity index (χ1n) is 4.21. The SMILES string of the molecule is CC(C)(I)c1cnn2ccccc12. The Balaban J connectivity index is 2.72. The summed E-state index contributed by atoms with van der Waals surface area (Å²) in [4.78, 5) is 0. The van der Waals surface area contributed by atoms with E-state index in [1.54, 1.807) is 0 Å². The number of nitrogens with zero attached hydrogens (tertiary/aromatic N) is 2. The van der Waals surface area contributed by atoms with Crippen LogP contribution in [0.4, 0.5) is 0 Å². The Hall–Kier alpha value is -0.580. The Kier molecular flexibility index (Phi) is 2.06. The molecule has 0 saturated carbocycles. The molecular weight excluding hydrogens is 275 g/mol. The third-order valence-corrected chi connectivity index (χ3v) is 2.65. The first-order chi connectivity index (χ1) is 6.09. The van der Waals surface area contributed by atoms with Crippen molar-refractivity contribution in [1.29, 1.82) is 0 Å². The zero-order chi connectivity index (χ0) is 9.47. The molecule has 2 aromatic heterocycles. The van der Waals surface area contributed by atoms with Crippen molar-refractivity contribution < 1.29 is 0 Å². The number of alkyl halides is 1. The highest BCUT2D eigenvalue weighted by Crippen LogP contribution is 2.33. The molecule has 2 nitrogen and oxygen atoms in total.